The van der Waals surface area contributed by atoms with E-state index in [0.29, 0.717) is 12.6 Å². The van der Waals surface area contributed by atoms with Gasteiger partial charge >= 0.3 is 0 Å². The molecule has 0 saturated carbocycles. The van der Waals surface area contributed by atoms with E-state index in [2.05, 4.69) is 0 Å². The Hall–Kier alpha value is -2.47. The number of rotatable bonds is 5. The molecule has 0 aliphatic heterocycles. The molecular weight excluding hydrogens is 240 g/mol. The number of hydrogen-bond donors (Lipinski definition) is 1. The zero-order valence-corrected chi connectivity index (χ0v) is 9.08. The Morgan fingerprint density at radius 1 is 1.22 bits per heavy atom. The van der Waals surface area contributed by atoms with Gasteiger partial charge in [-0.2, -0.15) is 0 Å². The van der Waals surface area contributed by atoms with Crippen molar-refractivity contribution in [3.05, 3.63) is 46.8 Å². The zero-order valence-electron chi connectivity index (χ0n) is 9.08. The highest BCUT2D eigenvalue weighted by molar-refractivity contribution is 6.11. The first-order valence-corrected chi connectivity index (χ1v) is 4.98. The predicted molar refractivity (Wildman–Crippen MR) is 57.5 cm³/mol. The highest BCUT2D eigenvalue weighted by atomic mass is 16.4. The number of aldehydes is 2. The van der Waals surface area contributed by atoms with Gasteiger partial charge in [-0.25, -0.2) is 0 Å². The molecule has 0 bridgehead atoms. The lowest BCUT2D eigenvalue weighted by atomic mass is 10.1. The summed E-state index contributed by atoms with van der Waals surface area (Å²) in [5, 5.41) is 8.82. The molecule has 0 radical (unpaired) electrons. The van der Waals surface area contributed by atoms with Crippen molar-refractivity contribution in [1.82, 2.24) is 0 Å². The number of hydrogen-bond acceptors (Lipinski definition) is 6. The minimum absolute atomic E-state index is 0.0413. The molecule has 0 amide bonds. The molecule has 0 saturated heterocycles. The molecule has 18 heavy (non-hydrogen) atoms. The van der Waals surface area contributed by atoms with Gasteiger partial charge in [-0.3, -0.25) is 14.4 Å². The van der Waals surface area contributed by atoms with E-state index >= 15 is 0 Å². The fourth-order valence-electron chi connectivity index (χ4n) is 1.47. The van der Waals surface area contributed by atoms with Gasteiger partial charge in [-0.15, -0.1) is 0 Å². The lowest BCUT2D eigenvalue weighted by Crippen LogP contribution is -2.01. The van der Waals surface area contributed by atoms with E-state index in [-0.39, 0.29) is 35.2 Å². The third-order valence-electron chi connectivity index (χ3n) is 2.29. The highest BCUT2D eigenvalue weighted by Gasteiger charge is 2.21. The first-order chi connectivity index (χ1) is 8.69. The van der Waals surface area contributed by atoms with Crippen molar-refractivity contribution in [2.75, 3.05) is 0 Å². The summed E-state index contributed by atoms with van der Waals surface area (Å²) in [5.41, 5.74) is -0.0501. The van der Waals surface area contributed by atoms with Crippen LogP contribution in [0.15, 0.2) is 27.0 Å². The Kier molecular flexibility index (Phi) is 3.20. The minimum atomic E-state index is -0.589. The Morgan fingerprint density at radius 3 is 2.56 bits per heavy atom. The molecule has 0 spiro atoms. The first-order valence-electron chi connectivity index (χ1n) is 4.98. The van der Waals surface area contributed by atoms with E-state index in [0.717, 1.165) is 0 Å². The van der Waals surface area contributed by atoms with Crippen LogP contribution in [-0.4, -0.2) is 23.5 Å². The Bertz CT molecular complexity index is 604. The largest absolute Gasteiger partial charge is 0.455 e. The topological polar surface area (TPSA) is 97.7 Å². The second-order valence-electron chi connectivity index (χ2n) is 3.42. The van der Waals surface area contributed by atoms with Crippen LogP contribution in [0, 0.1) is 0 Å². The van der Waals surface area contributed by atoms with Crippen LogP contribution in [0.4, 0.5) is 0 Å². The summed E-state index contributed by atoms with van der Waals surface area (Å²) in [6.45, 7) is -0.335. The van der Waals surface area contributed by atoms with Gasteiger partial charge in [0.2, 0.25) is 5.78 Å². The number of ketones is 1. The van der Waals surface area contributed by atoms with Gasteiger partial charge in [-0.1, -0.05) is 0 Å². The van der Waals surface area contributed by atoms with Crippen LogP contribution >= 0.6 is 0 Å². The molecule has 2 aromatic heterocycles. The van der Waals surface area contributed by atoms with Crippen LogP contribution in [0.25, 0.3) is 0 Å². The van der Waals surface area contributed by atoms with Crippen LogP contribution < -0.4 is 0 Å². The van der Waals surface area contributed by atoms with E-state index in [9.17, 15) is 14.4 Å². The molecular formula is C12H8O6. The molecule has 6 heteroatoms. The van der Waals surface area contributed by atoms with Crippen LogP contribution in [-0.2, 0) is 6.61 Å². The number of carbonyl (C=O) groups is 3. The van der Waals surface area contributed by atoms with Gasteiger partial charge in [0.1, 0.15) is 12.4 Å². The monoisotopic (exact) mass is 248 g/mol. The highest BCUT2D eigenvalue weighted by Crippen LogP contribution is 2.19. The van der Waals surface area contributed by atoms with Gasteiger partial charge < -0.3 is 13.9 Å². The summed E-state index contributed by atoms with van der Waals surface area (Å²) < 4.78 is 9.89. The van der Waals surface area contributed by atoms with Gasteiger partial charge in [0.25, 0.3) is 0 Å². The van der Waals surface area contributed by atoms with Crippen molar-refractivity contribution >= 4 is 18.4 Å². The molecule has 2 rings (SSSR count). The van der Waals surface area contributed by atoms with Crippen LogP contribution in [0.3, 0.4) is 0 Å². The van der Waals surface area contributed by atoms with Crippen molar-refractivity contribution in [3.8, 4) is 0 Å². The minimum Gasteiger partial charge on any atom is -0.455 e. The van der Waals surface area contributed by atoms with E-state index in [1.807, 2.05) is 0 Å². The SMILES string of the molecule is O=Cc1cc(C(=O)c2ccc(CO)o2)c(C=O)o1. The molecule has 2 aromatic rings. The van der Waals surface area contributed by atoms with Gasteiger partial charge in [0.15, 0.2) is 29.9 Å². The molecule has 0 unspecified atom stereocenters. The molecule has 2 heterocycles. The summed E-state index contributed by atoms with van der Waals surface area (Å²) in [7, 11) is 0. The Labute approximate surface area is 101 Å². The average molecular weight is 248 g/mol. The van der Waals surface area contributed by atoms with Gasteiger partial charge in [0, 0.05) is 0 Å². The maximum atomic E-state index is 12.0. The van der Waals surface area contributed by atoms with Crippen molar-refractivity contribution < 1.29 is 28.3 Å². The molecule has 0 aliphatic carbocycles. The van der Waals surface area contributed by atoms with E-state index in [1.54, 1.807) is 0 Å². The molecule has 6 nitrogen and oxygen atoms in total. The summed E-state index contributed by atoms with van der Waals surface area (Å²) in [6, 6.07) is 3.98. The van der Waals surface area contributed by atoms with E-state index in [4.69, 9.17) is 13.9 Å². The zero-order chi connectivity index (χ0) is 13.1. The van der Waals surface area contributed by atoms with Crippen LogP contribution in [0.2, 0.25) is 0 Å². The maximum absolute atomic E-state index is 12.0. The molecule has 0 aliphatic rings. The third-order valence-corrected chi connectivity index (χ3v) is 2.29. The fraction of sp³-hybridized carbons (Fsp3) is 0.0833. The summed E-state index contributed by atoms with van der Waals surface area (Å²) in [6.07, 6.45) is 0.737. The second kappa shape index (κ2) is 4.80. The predicted octanol–water partition coefficient (Wildman–Crippen LogP) is 1.22. The lowest BCUT2D eigenvalue weighted by molar-refractivity contribution is 0.0991. The first kappa shape index (κ1) is 12.0. The summed E-state index contributed by atoms with van der Waals surface area (Å²) in [4.78, 5) is 33.2. The number of carbonyl (C=O) groups excluding carboxylic acids is 3. The van der Waals surface area contributed by atoms with E-state index < -0.39 is 5.78 Å². The molecule has 0 fully saturated rings. The molecule has 1 N–H and O–H groups in total. The van der Waals surface area contributed by atoms with Crippen LogP contribution in [0.5, 0.6) is 0 Å². The molecule has 0 atom stereocenters. The normalized spacial score (nSPS) is 10.3. The number of furan rings is 2. The van der Waals surface area contributed by atoms with E-state index in [1.165, 1.54) is 18.2 Å². The molecule has 92 valence electrons. The van der Waals surface area contributed by atoms with Gasteiger partial charge in [0.05, 0.1) is 5.56 Å². The quantitative estimate of drug-likeness (QED) is 0.631. The average Bonchev–Trinajstić information content (AvgIpc) is 3.03. The number of aliphatic hydroxyl groups is 1. The van der Waals surface area contributed by atoms with Crippen LogP contribution in [0.1, 0.15) is 43.0 Å². The summed E-state index contributed by atoms with van der Waals surface area (Å²) in [5.74, 6) is -0.752. The van der Waals surface area contributed by atoms with Crippen molar-refractivity contribution in [3.63, 3.8) is 0 Å². The third kappa shape index (κ3) is 2.01. The Balaban J connectivity index is 2.41. The maximum Gasteiger partial charge on any atom is 0.232 e. The van der Waals surface area contributed by atoms with Crippen molar-refractivity contribution in [2.45, 2.75) is 6.61 Å². The fourth-order valence-corrected chi connectivity index (χ4v) is 1.47. The standard InChI is InChI=1S/C12H8O6/c13-4-7-1-2-10(17-7)12(16)9-3-8(5-14)18-11(9)6-15/h1-3,5-6,13H,4H2. The smallest absolute Gasteiger partial charge is 0.232 e. The van der Waals surface area contributed by atoms with Crippen molar-refractivity contribution in [1.29, 1.82) is 0 Å². The lowest BCUT2D eigenvalue weighted by Gasteiger charge is -1.93. The van der Waals surface area contributed by atoms with Crippen molar-refractivity contribution in [2.24, 2.45) is 0 Å². The second-order valence-corrected chi connectivity index (χ2v) is 3.42. The summed E-state index contributed by atoms with van der Waals surface area (Å²) >= 11 is 0. The van der Waals surface area contributed by atoms with Gasteiger partial charge in [-0.05, 0) is 18.2 Å². The molecule has 0 aromatic carbocycles. The number of aliphatic hydroxyl groups excluding tert-OH is 1. The Morgan fingerprint density at radius 2 is 2.00 bits per heavy atom.